The molecular weight excluding hydrogens is 464 g/mol. The Hall–Kier alpha value is -3.99. The number of aromatic nitrogens is 1. The number of carbonyl (C=O) groups excluding carboxylic acids is 1. The summed E-state index contributed by atoms with van der Waals surface area (Å²) in [6.45, 7) is 11.2. The molecule has 0 radical (unpaired) electrons. The van der Waals surface area contributed by atoms with Gasteiger partial charge in [-0.05, 0) is 48.2 Å². The Balaban J connectivity index is 1.35. The minimum atomic E-state index is -0.0410. The highest BCUT2D eigenvalue weighted by Crippen LogP contribution is 2.54. The van der Waals surface area contributed by atoms with Crippen molar-refractivity contribution in [3.05, 3.63) is 83.3 Å². The van der Waals surface area contributed by atoms with Crippen molar-refractivity contribution in [1.82, 2.24) is 14.8 Å². The van der Waals surface area contributed by atoms with Crippen molar-refractivity contribution < 1.29 is 13.9 Å². The molecule has 4 aromatic rings. The van der Waals surface area contributed by atoms with E-state index in [0.29, 0.717) is 22.6 Å². The van der Waals surface area contributed by atoms with Crippen LogP contribution in [0.2, 0.25) is 0 Å². The van der Waals surface area contributed by atoms with E-state index in [1.54, 1.807) is 25.2 Å². The molecule has 2 fully saturated rings. The molecule has 186 valence electrons. The van der Waals surface area contributed by atoms with Crippen molar-refractivity contribution in [3.63, 3.8) is 0 Å². The smallest absolute Gasteiger partial charge is 0.253 e. The summed E-state index contributed by atoms with van der Waals surface area (Å²) in [4.78, 5) is 24.7. The van der Waals surface area contributed by atoms with Crippen molar-refractivity contribution in [2.24, 2.45) is 0 Å². The van der Waals surface area contributed by atoms with Gasteiger partial charge in [0.25, 0.3) is 5.91 Å². The lowest BCUT2D eigenvalue weighted by atomic mass is 9.96. The van der Waals surface area contributed by atoms with Gasteiger partial charge in [-0.15, -0.1) is 0 Å². The van der Waals surface area contributed by atoms with Crippen LogP contribution in [-0.2, 0) is 10.3 Å². The van der Waals surface area contributed by atoms with E-state index < -0.39 is 0 Å². The Morgan fingerprint density at radius 2 is 1.76 bits per heavy atom. The maximum atomic E-state index is 12.2. The van der Waals surface area contributed by atoms with Crippen molar-refractivity contribution in [1.29, 1.82) is 0 Å². The lowest BCUT2D eigenvalue weighted by molar-refractivity contribution is 0.00854. The molecule has 1 saturated carbocycles. The third-order valence-electron chi connectivity index (χ3n) is 7.51. The van der Waals surface area contributed by atoms with Crippen molar-refractivity contribution in [2.75, 3.05) is 40.4 Å². The van der Waals surface area contributed by atoms with Crippen LogP contribution in [-0.4, -0.2) is 61.1 Å². The summed E-state index contributed by atoms with van der Waals surface area (Å²) in [5.41, 5.74) is 6.55. The predicted octanol–water partition coefficient (Wildman–Crippen LogP) is 5.74. The van der Waals surface area contributed by atoms with E-state index in [0.717, 1.165) is 66.9 Å². The highest BCUT2D eigenvalue weighted by molar-refractivity contribution is 5.95. The van der Waals surface area contributed by atoms with Crippen LogP contribution in [0.4, 0.5) is 5.69 Å². The number of benzene rings is 2. The number of furan rings is 1. The molecule has 6 rings (SSSR count). The van der Waals surface area contributed by atoms with Crippen molar-refractivity contribution in [2.45, 2.75) is 18.4 Å². The lowest BCUT2D eigenvalue weighted by Gasteiger charge is -2.36. The Morgan fingerprint density at radius 1 is 1.03 bits per heavy atom. The first-order chi connectivity index (χ1) is 18.0. The monoisotopic (exact) mass is 492 g/mol. The van der Waals surface area contributed by atoms with Crippen LogP contribution in [0, 0.1) is 6.57 Å². The minimum absolute atomic E-state index is 0.0340. The van der Waals surface area contributed by atoms with Crippen LogP contribution in [0.25, 0.3) is 38.4 Å². The molecule has 37 heavy (non-hydrogen) atoms. The van der Waals surface area contributed by atoms with E-state index in [1.165, 1.54) is 0 Å². The number of carbonyl (C=O) groups is 1. The zero-order chi connectivity index (χ0) is 25.6. The van der Waals surface area contributed by atoms with Crippen molar-refractivity contribution in [3.8, 4) is 22.5 Å². The maximum absolute atomic E-state index is 12.2. The van der Waals surface area contributed by atoms with Crippen LogP contribution in [0.5, 0.6) is 0 Å². The average Bonchev–Trinajstić information content (AvgIpc) is 3.63. The van der Waals surface area contributed by atoms with Gasteiger partial charge in [0, 0.05) is 61.7 Å². The largest absolute Gasteiger partial charge is 0.454 e. The van der Waals surface area contributed by atoms with Gasteiger partial charge in [0.2, 0.25) is 0 Å². The van der Waals surface area contributed by atoms with Crippen LogP contribution in [0.15, 0.2) is 65.2 Å². The summed E-state index contributed by atoms with van der Waals surface area (Å²) >= 11 is 0. The number of pyridine rings is 1. The Labute approximate surface area is 216 Å². The number of fused-ring (bicyclic) bond motifs is 1. The summed E-state index contributed by atoms with van der Waals surface area (Å²) in [6.07, 6.45) is 3.93. The Bertz CT molecular complexity index is 1520. The number of amides is 1. The molecule has 2 aromatic carbocycles. The normalized spacial score (nSPS) is 16.9. The third-order valence-corrected chi connectivity index (χ3v) is 7.51. The van der Waals surface area contributed by atoms with E-state index in [-0.39, 0.29) is 11.4 Å². The summed E-state index contributed by atoms with van der Waals surface area (Å²) in [5, 5.41) is 0. The zero-order valence-corrected chi connectivity index (χ0v) is 21.0. The second-order valence-corrected chi connectivity index (χ2v) is 9.94. The molecule has 1 amide bonds. The molecule has 7 heteroatoms. The minimum Gasteiger partial charge on any atom is -0.454 e. The highest BCUT2D eigenvalue weighted by atomic mass is 16.5. The number of hydrogen-bond acceptors (Lipinski definition) is 5. The molecule has 0 spiro atoms. The Morgan fingerprint density at radius 3 is 2.43 bits per heavy atom. The SMILES string of the molecule is [C-]#[N+]c1cc(-c2ccnc3cc(-c4ccc(C(=O)N(C)C)cc4)oc23)ccc1C1(N2CCOCC2)CC1. The van der Waals surface area contributed by atoms with Gasteiger partial charge in [-0.1, -0.05) is 24.3 Å². The molecule has 2 aliphatic rings. The maximum Gasteiger partial charge on any atom is 0.253 e. The third kappa shape index (κ3) is 4.08. The number of ether oxygens (including phenoxy) is 1. The Kier molecular flexibility index (Phi) is 5.79. The number of nitrogens with zero attached hydrogens (tertiary/aromatic N) is 4. The fourth-order valence-corrected chi connectivity index (χ4v) is 5.39. The fraction of sp³-hybridized carbons (Fsp3) is 0.300. The summed E-state index contributed by atoms with van der Waals surface area (Å²) in [5.74, 6) is 0.644. The van der Waals surface area contributed by atoms with Crippen molar-refractivity contribution >= 4 is 22.7 Å². The molecule has 0 N–H and O–H groups in total. The van der Waals surface area contributed by atoms with E-state index in [4.69, 9.17) is 15.7 Å². The topological polar surface area (TPSA) is 63.2 Å². The fourth-order valence-electron chi connectivity index (χ4n) is 5.39. The molecule has 2 aromatic heterocycles. The van der Waals surface area contributed by atoms with Gasteiger partial charge in [-0.25, -0.2) is 4.85 Å². The van der Waals surface area contributed by atoms with Gasteiger partial charge >= 0.3 is 0 Å². The van der Waals surface area contributed by atoms with E-state index in [1.807, 2.05) is 42.5 Å². The first-order valence-electron chi connectivity index (χ1n) is 12.6. The van der Waals surface area contributed by atoms with Crippen LogP contribution in [0.1, 0.15) is 28.8 Å². The molecule has 0 atom stereocenters. The predicted molar refractivity (Wildman–Crippen MR) is 142 cm³/mol. The van der Waals surface area contributed by atoms with Gasteiger partial charge in [0.1, 0.15) is 11.3 Å². The van der Waals surface area contributed by atoms with Gasteiger partial charge in [-0.2, -0.15) is 0 Å². The van der Waals surface area contributed by atoms with E-state index in [2.05, 4.69) is 26.9 Å². The molecule has 1 aliphatic carbocycles. The molecule has 7 nitrogen and oxygen atoms in total. The quantitative estimate of drug-likeness (QED) is 0.333. The number of rotatable bonds is 5. The van der Waals surface area contributed by atoms with E-state index >= 15 is 0 Å². The lowest BCUT2D eigenvalue weighted by Crippen LogP contribution is -2.43. The standard InChI is InChI=1S/C30H28N4O3/c1-31-25-18-22(8-9-24(25)30(11-12-30)34-14-16-36-17-15-34)23-10-13-32-26-19-27(37-28(23)26)20-4-6-21(7-5-20)29(35)33(2)3/h4-10,13,18-19H,11-12,14-17H2,2-3H3. The first-order valence-corrected chi connectivity index (χ1v) is 12.6. The van der Waals surface area contributed by atoms with Crippen LogP contribution >= 0.6 is 0 Å². The number of morpholine rings is 1. The van der Waals surface area contributed by atoms with Gasteiger partial charge < -0.3 is 14.1 Å². The van der Waals surface area contributed by atoms with Gasteiger partial charge in [-0.3, -0.25) is 14.7 Å². The van der Waals surface area contributed by atoms with Gasteiger partial charge in [0.05, 0.1) is 19.8 Å². The second-order valence-electron chi connectivity index (χ2n) is 9.94. The van der Waals surface area contributed by atoms with Crippen LogP contribution in [0.3, 0.4) is 0 Å². The summed E-state index contributed by atoms with van der Waals surface area (Å²) in [7, 11) is 3.48. The second kappa shape index (κ2) is 9.15. The first kappa shape index (κ1) is 23.4. The molecule has 1 saturated heterocycles. The zero-order valence-electron chi connectivity index (χ0n) is 21.0. The van der Waals surface area contributed by atoms with E-state index in [9.17, 15) is 4.79 Å². The average molecular weight is 493 g/mol. The molecule has 3 heterocycles. The van der Waals surface area contributed by atoms with Gasteiger partial charge in [0.15, 0.2) is 11.3 Å². The number of hydrogen-bond donors (Lipinski definition) is 0. The van der Waals surface area contributed by atoms with Crippen LogP contribution < -0.4 is 0 Å². The molecule has 0 bridgehead atoms. The molecule has 1 aliphatic heterocycles. The summed E-state index contributed by atoms with van der Waals surface area (Å²) < 4.78 is 11.9. The molecule has 0 unspecified atom stereocenters. The summed E-state index contributed by atoms with van der Waals surface area (Å²) in [6, 6.07) is 17.5. The highest BCUT2D eigenvalue weighted by Gasteiger charge is 2.50. The molecular formula is C30H28N4O3.